The van der Waals surface area contributed by atoms with Gasteiger partial charge in [0.25, 0.3) is 0 Å². The van der Waals surface area contributed by atoms with Gasteiger partial charge in [0.1, 0.15) is 5.69 Å². The van der Waals surface area contributed by atoms with E-state index in [1.807, 2.05) is 43.3 Å². The van der Waals surface area contributed by atoms with Gasteiger partial charge in [-0.3, -0.25) is 0 Å². The van der Waals surface area contributed by atoms with Crippen molar-refractivity contribution in [3.63, 3.8) is 0 Å². The van der Waals surface area contributed by atoms with Crippen LogP contribution in [-0.4, -0.2) is 4.98 Å². The zero-order valence-electron chi connectivity index (χ0n) is 9.07. The summed E-state index contributed by atoms with van der Waals surface area (Å²) in [6.07, 6.45) is 1.73. The second-order valence-electron chi connectivity index (χ2n) is 3.54. The number of rotatable bonds is 0. The lowest BCUT2D eigenvalue weighted by Gasteiger charge is -1.98. The number of hydrogen-bond donors (Lipinski definition) is 1. The van der Waals surface area contributed by atoms with E-state index in [-0.39, 0.29) is 0 Å². The van der Waals surface area contributed by atoms with Gasteiger partial charge in [0.15, 0.2) is 0 Å². The largest absolute Gasteiger partial charge is 0.399 e. The molecule has 0 saturated carbocycles. The predicted molar refractivity (Wildman–Crippen MR) is 65.8 cm³/mol. The summed E-state index contributed by atoms with van der Waals surface area (Å²) in [4.78, 5) is 4.14. The summed E-state index contributed by atoms with van der Waals surface area (Å²) in [6.45, 7) is 1.97. The highest BCUT2D eigenvalue weighted by Gasteiger charge is 1.93. The Hall–Kier alpha value is -2.27. The predicted octanol–water partition coefficient (Wildman–Crippen LogP) is 2.37. The Morgan fingerprint density at radius 2 is 2.00 bits per heavy atom. The van der Waals surface area contributed by atoms with E-state index in [0.29, 0.717) is 0 Å². The topological polar surface area (TPSA) is 38.9 Å². The van der Waals surface area contributed by atoms with Crippen LogP contribution in [0.2, 0.25) is 0 Å². The number of nitrogens with zero attached hydrogens (tertiary/aromatic N) is 1. The third-order valence-corrected chi connectivity index (χ3v) is 2.27. The van der Waals surface area contributed by atoms with E-state index in [1.165, 1.54) is 0 Å². The Kier molecular flexibility index (Phi) is 2.88. The minimum absolute atomic E-state index is 0.775. The fourth-order valence-electron chi connectivity index (χ4n) is 1.33. The van der Waals surface area contributed by atoms with Crippen LogP contribution < -0.4 is 5.73 Å². The van der Waals surface area contributed by atoms with Gasteiger partial charge >= 0.3 is 0 Å². The van der Waals surface area contributed by atoms with Gasteiger partial charge in [-0.2, -0.15) is 0 Å². The standard InChI is InChI=1S/C14H12N2/c1-11-10-12(6-8-14(11)15)5-7-13-4-2-3-9-16-13/h2-4,6,8-10H,15H2,1H3. The van der Waals surface area contributed by atoms with Crippen LogP contribution in [0.3, 0.4) is 0 Å². The highest BCUT2D eigenvalue weighted by molar-refractivity contribution is 5.52. The smallest absolute Gasteiger partial charge is 0.113 e. The van der Waals surface area contributed by atoms with E-state index < -0.39 is 0 Å². The van der Waals surface area contributed by atoms with Crippen molar-refractivity contribution in [2.75, 3.05) is 5.73 Å². The molecule has 0 spiro atoms. The van der Waals surface area contributed by atoms with Gasteiger partial charge in [0.2, 0.25) is 0 Å². The van der Waals surface area contributed by atoms with E-state index in [2.05, 4.69) is 16.8 Å². The molecule has 2 aromatic rings. The summed E-state index contributed by atoms with van der Waals surface area (Å²) in [7, 11) is 0. The Morgan fingerprint density at radius 3 is 2.69 bits per heavy atom. The number of anilines is 1. The number of benzene rings is 1. The molecule has 0 atom stereocenters. The molecule has 0 saturated heterocycles. The zero-order valence-corrected chi connectivity index (χ0v) is 9.07. The third kappa shape index (κ3) is 2.40. The molecule has 0 unspecified atom stereocenters. The Labute approximate surface area is 95.1 Å². The third-order valence-electron chi connectivity index (χ3n) is 2.27. The van der Waals surface area contributed by atoms with Crippen molar-refractivity contribution < 1.29 is 0 Å². The fourth-order valence-corrected chi connectivity index (χ4v) is 1.33. The maximum Gasteiger partial charge on any atom is 0.113 e. The molecule has 0 radical (unpaired) electrons. The number of hydrogen-bond acceptors (Lipinski definition) is 2. The summed E-state index contributed by atoms with van der Waals surface area (Å²) in [5.41, 5.74) is 9.31. The molecule has 1 aromatic carbocycles. The lowest BCUT2D eigenvalue weighted by Crippen LogP contribution is -1.89. The Bertz CT molecular complexity index is 548. The van der Waals surface area contributed by atoms with Gasteiger partial charge in [0.05, 0.1) is 0 Å². The number of aromatic nitrogens is 1. The van der Waals surface area contributed by atoms with Gasteiger partial charge < -0.3 is 5.73 Å². The summed E-state index contributed by atoms with van der Waals surface area (Å²) in [5, 5.41) is 0. The van der Waals surface area contributed by atoms with Gasteiger partial charge in [-0.25, -0.2) is 4.98 Å². The first-order chi connectivity index (χ1) is 7.75. The van der Waals surface area contributed by atoms with Crippen LogP contribution in [0.4, 0.5) is 5.69 Å². The lowest BCUT2D eigenvalue weighted by molar-refractivity contribution is 1.29. The monoisotopic (exact) mass is 208 g/mol. The number of nitrogen functional groups attached to an aromatic ring is 1. The van der Waals surface area contributed by atoms with Crippen molar-refractivity contribution in [2.45, 2.75) is 6.92 Å². The van der Waals surface area contributed by atoms with Crippen LogP contribution >= 0.6 is 0 Å². The summed E-state index contributed by atoms with van der Waals surface area (Å²) < 4.78 is 0. The van der Waals surface area contributed by atoms with Crippen molar-refractivity contribution >= 4 is 5.69 Å². The van der Waals surface area contributed by atoms with Crippen molar-refractivity contribution in [3.8, 4) is 11.8 Å². The maximum absolute atomic E-state index is 5.74. The van der Waals surface area contributed by atoms with Crippen LogP contribution in [0, 0.1) is 18.8 Å². The molecule has 16 heavy (non-hydrogen) atoms. The Balaban J connectivity index is 2.28. The maximum atomic E-state index is 5.74. The summed E-state index contributed by atoms with van der Waals surface area (Å²) in [5.74, 6) is 6.07. The molecule has 0 amide bonds. The van der Waals surface area contributed by atoms with Crippen LogP contribution in [0.15, 0.2) is 42.6 Å². The minimum atomic E-state index is 0.775. The van der Waals surface area contributed by atoms with Gasteiger partial charge in [-0.05, 0) is 48.7 Å². The highest BCUT2D eigenvalue weighted by Crippen LogP contribution is 2.11. The molecule has 0 aliphatic heterocycles. The average molecular weight is 208 g/mol. The minimum Gasteiger partial charge on any atom is -0.399 e. The van der Waals surface area contributed by atoms with Gasteiger partial charge in [-0.15, -0.1) is 0 Å². The first-order valence-electron chi connectivity index (χ1n) is 5.05. The van der Waals surface area contributed by atoms with Crippen molar-refractivity contribution in [3.05, 3.63) is 59.4 Å². The molecule has 2 N–H and O–H groups in total. The quantitative estimate of drug-likeness (QED) is 0.533. The first kappa shape index (κ1) is 10.3. The van der Waals surface area contributed by atoms with E-state index in [1.54, 1.807) is 6.20 Å². The summed E-state index contributed by atoms with van der Waals surface area (Å²) >= 11 is 0. The van der Waals surface area contributed by atoms with E-state index in [9.17, 15) is 0 Å². The second-order valence-corrected chi connectivity index (χ2v) is 3.54. The molecular formula is C14H12N2. The van der Waals surface area contributed by atoms with Crippen molar-refractivity contribution in [1.82, 2.24) is 4.98 Å². The normalized spacial score (nSPS) is 9.31. The molecular weight excluding hydrogens is 196 g/mol. The van der Waals surface area contributed by atoms with Gasteiger partial charge in [-0.1, -0.05) is 12.0 Å². The fraction of sp³-hybridized carbons (Fsp3) is 0.0714. The van der Waals surface area contributed by atoms with Crippen LogP contribution in [0.1, 0.15) is 16.8 Å². The highest BCUT2D eigenvalue weighted by atomic mass is 14.6. The molecule has 2 heteroatoms. The molecule has 2 rings (SSSR count). The molecule has 78 valence electrons. The summed E-state index contributed by atoms with van der Waals surface area (Å²) in [6, 6.07) is 11.4. The van der Waals surface area contributed by atoms with Crippen LogP contribution in [0.5, 0.6) is 0 Å². The number of nitrogens with two attached hydrogens (primary N) is 1. The van der Waals surface area contributed by atoms with Crippen LogP contribution in [-0.2, 0) is 0 Å². The van der Waals surface area contributed by atoms with Crippen LogP contribution in [0.25, 0.3) is 0 Å². The van der Waals surface area contributed by atoms with E-state index in [0.717, 1.165) is 22.5 Å². The Morgan fingerprint density at radius 1 is 1.12 bits per heavy atom. The van der Waals surface area contributed by atoms with Crippen molar-refractivity contribution in [2.24, 2.45) is 0 Å². The molecule has 0 aliphatic carbocycles. The van der Waals surface area contributed by atoms with Gasteiger partial charge in [0, 0.05) is 17.4 Å². The van der Waals surface area contributed by atoms with E-state index >= 15 is 0 Å². The molecule has 2 nitrogen and oxygen atoms in total. The lowest BCUT2D eigenvalue weighted by atomic mass is 10.1. The average Bonchev–Trinajstić information content (AvgIpc) is 2.32. The SMILES string of the molecule is Cc1cc(C#Cc2ccccn2)ccc1N. The molecule has 1 heterocycles. The van der Waals surface area contributed by atoms with Crippen molar-refractivity contribution in [1.29, 1.82) is 0 Å². The molecule has 0 aliphatic rings. The molecule has 0 bridgehead atoms. The second kappa shape index (κ2) is 4.50. The molecule has 0 fully saturated rings. The molecule has 1 aromatic heterocycles. The first-order valence-corrected chi connectivity index (χ1v) is 5.05. The zero-order chi connectivity index (χ0) is 11.4. The number of pyridine rings is 1. The number of aryl methyl sites for hydroxylation is 1. The van der Waals surface area contributed by atoms with E-state index in [4.69, 9.17) is 5.73 Å².